The molecule has 0 aliphatic rings. The van der Waals surface area contributed by atoms with Gasteiger partial charge in [0.25, 0.3) is 0 Å². The first-order valence-corrected chi connectivity index (χ1v) is 8.07. The van der Waals surface area contributed by atoms with Gasteiger partial charge in [0, 0.05) is 18.3 Å². The van der Waals surface area contributed by atoms with E-state index in [0.29, 0.717) is 12.1 Å². The number of aromatic amines is 1. The number of amides is 1. The summed E-state index contributed by atoms with van der Waals surface area (Å²) >= 11 is 0. The zero-order valence-corrected chi connectivity index (χ0v) is 14.6. The van der Waals surface area contributed by atoms with E-state index in [1.807, 2.05) is 13.8 Å². The van der Waals surface area contributed by atoms with Crippen molar-refractivity contribution in [3.63, 3.8) is 0 Å². The number of nitrogens with one attached hydrogen (secondary N) is 2. The lowest BCUT2D eigenvalue weighted by molar-refractivity contribution is -0.169. The van der Waals surface area contributed by atoms with Crippen LogP contribution in [0.25, 0.3) is 0 Å². The maximum absolute atomic E-state index is 12.4. The fourth-order valence-corrected chi connectivity index (χ4v) is 2.62. The Hall–Kier alpha value is -1.93. The van der Waals surface area contributed by atoms with E-state index in [4.69, 9.17) is 5.73 Å². The Morgan fingerprint density at radius 2 is 2.00 bits per heavy atom. The molecule has 136 valence electrons. The number of carboxylic acids is 1. The number of rotatable bonds is 9. The maximum atomic E-state index is 12.4. The molecule has 1 aromatic rings. The molecule has 8 heteroatoms. The lowest BCUT2D eigenvalue weighted by Crippen LogP contribution is -2.62. The summed E-state index contributed by atoms with van der Waals surface area (Å²) in [4.78, 5) is 30.7. The van der Waals surface area contributed by atoms with Crippen LogP contribution < -0.4 is 11.1 Å². The Balaban J connectivity index is 2.92. The topological polar surface area (TPSA) is 141 Å². The fourth-order valence-electron chi connectivity index (χ4n) is 2.62. The van der Waals surface area contributed by atoms with E-state index in [9.17, 15) is 19.8 Å². The number of imidazole rings is 1. The standard InChI is InChI=1S/C16H28N4O4/c1-9(2)5-13(16(24,10(3)4)15(22)23)20-14(21)12(17)6-11-7-18-8-19-11/h7-10,12-13,24H,5-6,17H2,1-4H3,(H,18,19)(H,20,21)(H,22,23)/t12-,13-,16?/m0/s1. The minimum atomic E-state index is -2.06. The molecular formula is C16H28N4O4. The number of hydrogen-bond donors (Lipinski definition) is 5. The second kappa shape index (κ2) is 8.25. The number of aromatic nitrogens is 2. The highest BCUT2D eigenvalue weighted by Crippen LogP contribution is 2.26. The molecular weight excluding hydrogens is 312 g/mol. The van der Waals surface area contributed by atoms with E-state index in [0.717, 1.165) is 0 Å². The molecule has 8 nitrogen and oxygen atoms in total. The van der Waals surface area contributed by atoms with E-state index in [2.05, 4.69) is 15.3 Å². The third-order valence-corrected chi connectivity index (χ3v) is 4.11. The van der Waals surface area contributed by atoms with Crippen LogP contribution in [0.2, 0.25) is 0 Å². The molecule has 0 fully saturated rings. The highest BCUT2D eigenvalue weighted by Gasteiger charge is 2.48. The molecule has 1 rings (SSSR count). The molecule has 0 spiro atoms. The van der Waals surface area contributed by atoms with Crippen molar-refractivity contribution in [3.05, 3.63) is 18.2 Å². The van der Waals surface area contributed by atoms with Gasteiger partial charge < -0.3 is 26.2 Å². The van der Waals surface area contributed by atoms with Gasteiger partial charge in [0.1, 0.15) is 0 Å². The summed E-state index contributed by atoms with van der Waals surface area (Å²) in [5, 5.41) is 22.8. The largest absolute Gasteiger partial charge is 0.479 e. The van der Waals surface area contributed by atoms with Crippen LogP contribution >= 0.6 is 0 Å². The number of H-pyrrole nitrogens is 1. The molecule has 1 aromatic heterocycles. The van der Waals surface area contributed by atoms with Crippen molar-refractivity contribution in [3.8, 4) is 0 Å². The number of nitrogens with two attached hydrogens (primary N) is 1. The molecule has 6 N–H and O–H groups in total. The van der Waals surface area contributed by atoms with Gasteiger partial charge in [-0.2, -0.15) is 0 Å². The predicted octanol–water partition coefficient (Wildman–Crippen LogP) is 0.282. The van der Waals surface area contributed by atoms with Crippen LogP contribution in [0.3, 0.4) is 0 Å². The molecule has 0 bridgehead atoms. The summed E-state index contributed by atoms with van der Waals surface area (Å²) < 4.78 is 0. The van der Waals surface area contributed by atoms with Gasteiger partial charge in [0.15, 0.2) is 5.60 Å². The van der Waals surface area contributed by atoms with Crippen LogP contribution in [-0.4, -0.2) is 49.7 Å². The first-order chi connectivity index (χ1) is 11.1. The van der Waals surface area contributed by atoms with Crippen molar-refractivity contribution in [1.29, 1.82) is 0 Å². The number of nitrogens with zero attached hydrogens (tertiary/aromatic N) is 1. The molecule has 0 aliphatic carbocycles. The quantitative estimate of drug-likeness (QED) is 0.437. The van der Waals surface area contributed by atoms with Crippen LogP contribution in [0.4, 0.5) is 0 Å². The SMILES string of the molecule is CC(C)C[C@H](NC(=O)[C@@H](N)Cc1cnc[nH]1)C(O)(C(=O)O)C(C)C. The van der Waals surface area contributed by atoms with Gasteiger partial charge in [0.2, 0.25) is 5.91 Å². The summed E-state index contributed by atoms with van der Waals surface area (Å²) in [6.45, 7) is 7.01. The highest BCUT2D eigenvalue weighted by atomic mass is 16.4. The Labute approximate surface area is 141 Å². The monoisotopic (exact) mass is 340 g/mol. The number of carboxylic acid groups (broad SMARTS) is 1. The zero-order chi connectivity index (χ0) is 18.5. The van der Waals surface area contributed by atoms with Crippen molar-refractivity contribution in [2.24, 2.45) is 17.6 Å². The van der Waals surface area contributed by atoms with Crippen molar-refractivity contribution in [1.82, 2.24) is 15.3 Å². The molecule has 0 radical (unpaired) electrons. The first-order valence-electron chi connectivity index (χ1n) is 8.07. The number of carbonyl (C=O) groups excluding carboxylic acids is 1. The summed E-state index contributed by atoms with van der Waals surface area (Å²) in [6, 6.07) is -1.80. The van der Waals surface area contributed by atoms with Gasteiger partial charge in [-0.15, -0.1) is 0 Å². The smallest absolute Gasteiger partial charge is 0.338 e. The molecule has 3 atom stereocenters. The maximum Gasteiger partial charge on any atom is 0.338 e. The molecule has 0 saturated carbocycles. The molecule has 1 amide bonds. The fraction of sp³-hybridized carbons (Fsp3) is 0.688. The minimum absolute atomic E-state index is 0.0868. The van der Waals surface area contributed by atoms with Crippen LogP contribution in [0.1, 0.15) is 39.8 Å². The van der Waals surface area contributed by atoms with Gasteiger partial charge >= 0.3 is 5.97 Å². The van der Waals surface area contributed by atoms with Crippen LogP contribution in [0, 0.1) is 11.8 Å². The van der Waals surface area contributed by atoms with E-state index < -0.39 is 35.5 Å². The van der Waals surface area contributed by atoms with Gasteiger partial charge in [0.05, 0.1) is 18.4 Å². The van der Waals surface area contributed by atoms with Gasteiger partial charge in [-0.3, -0.25) is 4.79 Å². The summed E-state index contributed by atoms with van der Waals surface area (Å²) in [5.41, 5.74) is 4.54. The Morgan fingerprint density at radius 1 is 1.38 bits per heavy atom. The Morgan fingerprint density at radius 3 is 2.42 bits per heavy atom. The number of carbonyl (C=O) groups is 2. The molecule has 1 heterocycles. The van der Waals surface area contributed by atoms with Crippen molar-refractivity contribution in [2.45, 2.75) is 58.2 Å². The summed E-state index contributed by atoms with van der Waals surface area (Å²) in [7, 11) is 0. The second-order valence-electron chi connectivity index (χ2n) is 6.86. The summed E-state index contributed by atoms with van der Waals surface area (Å²) in [6.07, 6.45) is 3.63. The van der Waals surface area contributed by atoms with E-state index in [1.54, 1.807) is 20.0 Å². The van der Waals surface area contributed by atoms with Gasteiger partial charge in [-0.1, -0.05) is 27.7 Å². The number of aliphatic carboxylic acids is 1. The van der Waals surface area contributed by atoms with Crippen molar-refractivity contribution >= 4 is 11.9 Å². The van der Waals surface area contributed by atoms with Crippen LogP contribution in [0.5, 0.6) is 0 Å². The van der Waals surface area contributed by atoms with E-state index >= 15 is 0 Å². The van der Waals surface area contributed by atoms with Crippen molar-refractivity contribution in [2.75, 3.05) is 0 Å². The third-order valence-electron chi connectivity index (χ3n) is 4.11. The first kappa shape index (κ1) is 20.1. The average molecular weight is 340 g/mol. The lowest BCUT2D eigenvalue weighted by atomic mass is 9.79. The zero-order valence-electron chi connectivity index (χ0n) is 14.6. The predicted molar refractivity (Wildman–Crippen MR) is 89.1 cm³/mol. The average Bonchev–Trinajstić information content (AvgIpc) is 2.97. The molecule has 0 saturated heterocycles. The normalized spacial score (nSPS) is 16.7. The summed E-state index contributed by atoms with van der Waals surface area (Å²) in [5.74, 6) is -2.35. The minimum Gasteiger partial charge on any atom is -0.479 e. The lowest BCUT2D eigenvalue weighted by Gasteiger charge is -2.37. The van der Waals surface area contributed by atoms with E-state index in [-0.39, 0.29) is 12.3 Å². The number of hydrogen-bond acceptors (Lipinski definition) is 5. The van der Waals surface area contributed by atoms with Gasteiger partial charge in [-0.05, 0) is 18.3 Å². The van der Waals surface area contributed by atoms with E-state index in [1.165, 1.54) is 6.33 Å². The Bertz CT molecular complexity index is 544. The van der Waals surface area contributed by atoms with Crippen LogP contribution in [-0.2, 0) is 16.0 Å². The van der Waals surface area contributed by atoms with Crippen molar-refractivity contribution < 1.29 is 19.8 Å². The molecule has 0 aromatic carbocycles. The molecule has 0 aliphatic heterocycles. The number of aliphatic hydroxyl groups is 1. The highest BCUT2D eigenvalue weighted by molar-refractivity contribution is 5.84. The Kier molecular flexibility index (Phi) is 6.92. The van der Waals surface area contributed by atoms with Crippen LogP contribution in [0.15, 0.2) is 12.5 Å². The molecule has 1 unspecified atom stereocenters. The molecule has 24 heavy (non-hydrogen) atoms. The third kappa shape index (κ3) is 4.78. The van der Waals surface area contributed by atoms with Gasteiger partial charge in [-0.25, -0.2) is 9.78 Å². The second-order valence-corrected chi connectivity index (χ2v) is 6.86.